The first kappa shape index (κ1) is 35.6. The molecule has 2 atom stereocenters. The number of carbonyl (C=O) groups excluding carboxylic acids is 1. The number of halogens is 3. The number of anilines is 2. The maximum Gasteiger partial charge on any atom is 0.297 e. The van der Waals surface area contributed by atoms with Gasteiger partial charge in [0.15, 0.2) is 11.6 Å². The lowest BCUT2D eigenvalue weighted by Gasteiger charge is -2.18. The Kier molecular flexibility index (Phi) is 10.6. The zero-order valence-corrected chi connectivity index (χ0v) is 29.6. The topological polar surface area (TPSA) is 137 Å². The molecule has 3 aromatic heterocycles. The van der Waals surface area contributed by atoms with E-state index in [0.717, 1.165) is 46.3 Å². The van der Waals surface area contributed by atoms with Crippen molar-refractivity contribution in [1.29, 1.82) is 0 Å². The summed E-state index contributed by atoms with van der Waals surface area (Å²) in [5, 5.41) is 20.0. The standard InChI is InChI=1S/C38H39ClF2N8O3/c1-21-26(27-6-3-7-28(33(27)39)30-11-9-23(38(47-30)52-2)17-42-18-24-10-12-32(51)44-24)5-4-8-29(21)45-36-34-31(46-37(48-36)35(40)41)15-22(16-43-34)19-49-14-13-25(50)20-49/h3-9,11,15-16,24-25,35,42,50H,10,12-14,17-20H2,1-2H3,(H,44,51)(H,45,46,48)/t24-,25+/m0/s1. The molecule has 0 unspecified atom stereocenters. The second-order valence-electron chi connectivity index (χ2n) is 13.2. The SMILES string of the molecule is COc1nc(-c2cccc(-c3cccc(Nc4nc(C(F)F)nc5cc(CN6CC[C@@H](O)C6)cnc45)c3C)c2Cl)ccc1CNC[C@@H]1CCC(=O)N1. The number of alkyl halides is 2. The smallest absolute Gasteiger partial charge is 0.297 e. The summed E-state index contributed by atoms with van der Waals surface area (Å²) in [4.78, 5) is 31.3. The molecule has 0 aliphatic carbocycles. The van der Waals surface area contributed by atoms with Crippen LogP contribution in [-0.2, 0) is 17.9 Å². The number of aliphatic hydroxyl groups is 1. The van der Waals surface area contributed by atoms with Crippen LogP contribution in [-0.4, -0.2) is 74.7 Å². The minimum Gasteiger partial charge on any atom is -0.481 e. The molecule has 5 aromatic rings. The summed E-state index contributed by atoms with van der Waals surface area (Å²) in [6.07, 6.45) is 0.514. The summed E-state index contributed by atoms with van der Waals surface area (Å²) in [7, 11) is 1.58. The van der Waals surface area contributed by atoms with Crippen molar-refractivity contribution < 1.29 is 23.4 Å². The molecule has 270 valence electrons. The van der Waals surface area contributed by atoms with Gasteiger partial charge in [0, 0.05) is 73.8 Å². The van der Waals surface area contributed by atoms with Gasteiger partial charge in [0.05, 0.1) is 29.4 Å². The average Bonchev–Trinajstić information content (AvgIpc) is 3.75. The van der Waals surface area contributed by atoms with E-state index in [9.17, 15) is 18.7 Å². The number of amides is 1. The van der Waals surface area contributed by atoms with Crippen molar-refractivity contribution in [1.82, 2.24) is 35.5 Å². The number of fused-ring (bicyclic) bond motifs is 1. The van der Waals surface area contributed by atoms with Gasteiger partial charge in [-0.3, -0.25) is 14.7 Å². The van der Waals surface area contributed by atoms with Crippen LogP contribution in [0.15, 0.2) is 60.8 Å². The van der Waals surface area contributed by atoms with Gasteiger partial charge in [-0.15, -0.1) is 0 Å². The van der Waals surface area contributed by atoms with Gasteiger partial charge in [-0.25, -0.2) is 23.7 Å². The fourth-order valence-corrected chi connectivity index (χ4v) is 7.16. The molecule has 2 aliphatic heterocycles. The van der Waals surface area contributed by atoms with Crippen LogP contribution in [0.4, 0.5) is 20.3 Å². The molecule has 1 amide bonds. The van der Waals surface area contributed by atoms with Gasteiger partial charge in [0.25, 0.3) is 6.43 Å². The lowest BCUT2D eigenvalue weighted by molar-refractivity contribution is -0.119. The van der Waals surface area contributed by atoms with Crippen LogP contribution in [0.25, 0.3) is 33.4 Å². The summed E-state index contributed by atoms with van der Waals surface area (Å²) in [6.45, 7) is 4.94. The Hall–Kier alpha value is -4.82. The number of ether oxygens (including phenoxy) is 1. The zero-order valence-electron chi connectivity index (χ0n) is 28.8. The highest BCUT2D eigenvalue weighted by Crippen LogP contribution is 2.40. The summed E-state index contributed by atoms with van der Waals surface area (Å²) in [6, 6.07) is 17.1. The largest absolute Gasteiger partial charge is 0.481 e. The zero-order chi connectivity index (χ0) is 36.4. The highest BCUT2D eigenvalue weighted by Gasteiger charge is 2.23. The van der Waals surface area contributed by atoms with Crippen LogP contribution >= 0.6 is 11.6 Å². The number of aromatic nitrogens is 4. The number of β-amino-alcohol motifs (C(OH)–C–C–N with tert-alkyl or cyclic N) is 1. The van der Waals surface area contributed by atoms with Crippen LogP contribution in [0.5, 0.6) is 5.88 Å². The number of hydrogen-bond acceptors (Lipinski definition) is 10. The molecule has 5 heterocycles. The Morgan fingerprint density at radius 2 is 1.88 bits per heavy atom. The van der Waals surface area contributed by atoms with Gasteiger partial charge in [0.2, 0.25) is 11.8 Å². The molecule has 2 fully saturated rings. The normalized spacial score (nSPS) is 17.6. The molecule has 2 aliphatic rings. The minimum atomic E-state index is -2.88. The summed E-state index contributed by atoms with van der Waals surface area (Å²) < 4.78 is 33.7. The van der Waals surface area contributed by atoms with Crippen LogP contribution < -0.4 is 20.7 Å². The number of likely N-dealkylation sites (tertiary alicyclic amines) is 1. The summed E-state index contributed by atoms with van der Waals surface area (Å²) >= 11 is 7.10. The summed E-state index contributed by atoms with van der Waals surface area (Å²) in [5.41, 5.74) is 6.78. The van der Waals surface area contributed by atoms with E-state index >= 15 is 0 Å². The minimum absolute atomic E-state index is 0.0817. The number of nitrogens with zero attached hydrogens (tertiary/aromatic N) is 5. The molecule has 0 radical (unpaired) electrons. The predicted molar refractivity (Wildman–Crippen MR) is 196 cm³/mol. The van der Waals surface area contributed by atoms with E-state index in [1.54, 1.807) is 19.4 Å². The van der Waals surface area contributed by atoms with E-state index in [0.29, 0.717) is 72.3 Å². The number of rotatable bonds is 12. The first-order valence-corrected chi connectivity index (χ1v) is 17.6. The fourth-order valence-electron chi connectivity index (χ4n) is 6.83. The van der Waals surface area contributed by atoms with Crippen molar-refractivity contribution in [2.45, 2.75) is 57.8 Å². The maximum atomic E-state index is 14.0. The quantitative estimate of drug-likeness (QED) is 0.115. The Morgan fingerprint density at radius 1 is 1.08 bits per heavy atom. The summed E-state index contributed by atoms with van der Waals surface area (Å²) in [5.74, 6) is 0.128. The Labute approximate surface area is 304 Å². The molecule has 2 saturated heterocycles. The first-order valence-electron chi connectivity index (χ1n) is 17.2. The Bertz CT molecular complexity index is 2120. The molecular weight excluding hydrogens is 690 g/mol. The third-order valence-electron chi connectivity index (χ3n) is 9.53. The van der Waals surface area contributed by atoms with Crippen molar-refractivity contribution in [3.63, 3.8) is 0 Å². The molecule has 52 heavy (non-hydrogen) atoms. The number of hydrogen-bond donors (Lipinski definition) is 4. The monoisotopic (exact) mass is 728 g/mol. The van der Waals surface area contributed by atoms with Crippen molar-refractivity contribution >= 4 is 40.0 Å². The third kappa shape index (κ3) is 7.68. The van der Waals surface area contributed by atoms with Crippen molar-refractivity contribution in [3.05, 3.63) is 88.3 Å². The van der Waals surface area contributed by atoms with E-state index in [1.165, 1.54) is 0 Å². The number of pyridine rings is 2. The average molecular weight is 729 g/mol. The fraction of sp³-hybridized carbons (Fsp3) is 0.342. The second-order valence-corrected chi connectivity index (χ2v) is 13.6. The Morgan fingerprint density at radius 3 is 2.63 bits per heavy atom. The number of benzene rings is 2. The van der Waals surface area contributed by atoms with E-state index in [2.05, 4.69) is 35.8 Å². The van der Waals surface area contributed by atoms with Gasteiger partial charge in [-0.1, -0.05) is 48.0 Å². The van der Waals surface area contributed by atoms with E-state index in [4.69, 9.17) is 21.3 Å². The molecular formula is C38H39ClF2N8O3. The molecule has 0 saturated carbocycles. The molecule has 4 N–H and O–H groups in total. The third-order valence-corrected chi connectivity index (χ3v) is 9.94. The molecule has 7 rings (SSSR count). The first-order chi connectivity index (χ1) is 25.2. The van der Waals surface area contributed by atoms with E-state index < -0.39 is 12.2 Å². The van der Waals surface area contributed by atoms with Gasteiger partial charge in [-0.05, 0) is 54.7 Å². The number of aliphatic hydroxyl groups excluding tert-OH is 1. The molecule has 11 nitrogen and oxygen atoms in total. The maximum absolute atomic E-state index is 14.0. The van der Waals surface area contributed by atoms with Gasteiger partial charge in [0.1, 0.15) is 5.52 Å². The van der Waals surface area contributed by atoms with Crippen LogP contribution in [0, 0.1) is 6.92 Å². The van der Waals surface area contributed by atoms with Gasteiger partial charge < -0.3 is 25.8 Å². The number of nitrogens with one attached hydrogen (secondary N) is 3. The van der Waals surface area contributed by atoms with E-state index in [1.807, 2.05) is 55.5 Å². The van der Waals surface area contributed by atoms with Crippen LogP contribution in [0.2, 0.25) is 5.02 Å². The number of methoxy groups -OCH3 is 1. The van der Waals surface area contributed by atoms with Crippen LogP contribution in [0.3, 0.4) is 0 Å². The van der Waals surface area contributed by atoms with Crippen molar-refractivity contribution in [3.8, 4) is 28.3 Å². The van der Waals surface area contributed by atoms with Gasteiger partial charge >= 0.3 is 0 Å². The molecule has 2 aromatic carbocycles. The van der Waals surface area contributed by atoms with E-state index in [-0.39, 0.29) is 23.9 Å². The number of carbonyl (C=O) groups is 1. The Balaban J connectivity index is 1.15. The van der Waals surface area contributed by atoms with Crippen molar-refractivity contribution in [2.24, 2.45) is 0 Å². The highest BCUT2D eigenvalue weighted by atomic mass is 35.5. The van der Waals surface area contributed by atoms with Crippen LogP contribution in [0.1, 0.15) is 48.2 Å². The van der Waals surface area contributed by atoms with Gasteiger partial charge in [-0.2, -0.15) is 0 Å². The molecule has 0 spiro atoms. The lowest BCUT2D eigenvalue weighted by atomic mass is 9.96. The molecule has 14 heteroatoms. The predicted octanol–water partition coefficient (Wildman–Crippen LogP) is 6.34. The second kappa shape index (κ2) is 15.4. The van der Waals surface area contributed by atoms with Crippen molar-refractivity contribution in [2.75, 3.05) is 32.1 Å². The lowest BCUT2D eigenvalue weighted by Crippen LogP contribution is -2.35. The highest BCUT2D eigenvalue weighted by molar-refractivity contribution is 6.36. The molecule has 0 bridgehead atoms.